The summed E-state index contributed by atoms with van der Waals surface area (Å²) in [5.74, 6) is -0.560. The molecule has 1 fully saturated rings. The molecule has 0 spiro atoms. The molecule has 2 aliphatic heterocycles. The monoisotopic (exact) mass is 412 g/mol. The first-order chi connectivity index (χ1) is 12.6. The normalized spacial score (nSPS) is 18.4. The molecule has 0 saturated carbocycles. The minimum atomic E-state index is -0.560. The molecule has 3 N–H and O–H groups in total. The van der Waals surface area contributed by atoms with Crippen LogP contribution in [0.15, 0.2) is 18.3 Å². The predicted octanol–water partition coefficient (Wildman–Crippen LogP) is -3.58. The molecule has 1 aromatic heterocycles. The Morgan fingerprint density at radius 2 is 2.30 bits per heavy atom. The number of urea groups is 1. The number of carbonyl (C=O) groups excluding carboxylic acids is 2. The molecule has 2 aliphatic rings. The minimum Gasteiger partial charge on any atom is -0.394 e. The van der Waals surface area contributed by atoms with E-state index in [4.69, 9.17) is 19.5 Å². The van der Waals surface area contributed by atoms with Crippen molar-refractivity contribution in [2.75, 3.05) is 26.3 Å². The number of aliphatic hydroxyl groups excluding tert-OH is 1. The van der Waals surface area contributed by atoms with Gasteiger partial charge in [0.05, 0.1) is 25.5 Å². The molecule has 1 atom stereocenters. The Hall–Kier alpha value is -1.20. The molecule has 3 rings (SSSR count). The van der Waals surface area contributed by atoms with Gasteiger partial charge in [0, 0.05) is 12.7 Å². The van der Waals surface area contributed by atoms with Crippen molar-refractivity contribution in [2.24, 2.45) is 0 Å². The SMILES string of the molecule is O=C(NOCCO)c1ccn(C2=CC3CN(C2)C(=O)N3OSOOO)n1.[Na+]. The van der Waals surface area contributed by atoms with Crippen molar-refractivity contribution in [3.8, 4) is 0 Å². The molecule has 27 heavy (non-hydrogen) atoms. The topological polar surface area (TPSA) is 148 Å². The number of nitrogens with one attached hydrogen (secondary N) is 1. The number of rotatable bonds is 9. The van der Waals surface area contributed by atoms with Crippen LogP contribution < -0.4 is 35.0 Å². The number of carbonyl (C=O) groups is 2. The molecule has 0 aromatic carbocycles. The van der Waals surface area contributed by atoms with Gasteiger partial charge in [0.1, 0.15) is 6.04 Å². The second-order valence-corrected chi connectivity index (χ2v) is 5.57. The van der Waals surface area contributed by atoms with Gasteiger partial charge in [0.25, 0.3) is 5.91 Å². The number of fused-ring (bicyclic) bond motifs is 2. The summed E-state index contributed by atoms with van der Waals surface area (Å²) < 4.78 is 10.6. The van der Waals surface area contributed by atoms with Crippen molar-refractivity contribution in [1.82, 2.24) is 25.2 Å². The van der Waals surface area contributed by atoms with E-state index >= 15 is 0 Å². The number of nitrogens with zero attached hydrogens (tertiary/aromatic N) is 4. The summed E-state index contributed by atoms with van der Waals surface area (Å²) in [7, 11) is 0. The first-order valence-electron chi connectivity index (χ1n) is 7.33. The van der Waals surface area contributed by atoms with Gasteiger partial charge in [-0.25, -0.2) is 20.2 Å². The van der Waals surface area contributed by atoms with Crippen LogP contribution >= 0.6 is 12.3 Å². The Bertz CT molecular complexity index is 703. The summed E-state index contributed by atoms with van der Waals surface area (Å²) in [5.41, 5.74) is 2.93. The zero-order valence-electron chi connectivity index (χ0n) is 14.2. The van der Waals surface area contributed by atoms with Crippen molar-refractivity contribution in [3.63, 3.8) is 0 Å². The van der Waals surface area contributed by atoms with Crippen LogP contribution in [0.5, 0.6) is 0 Å². The fourth-order valence-electron chi connectivity index (χ4n) is 2.50. The summed E-state index contributed by atoms with van der Waals surface area (Å²) in [6.45, 7) is 0.419. The third-order valence-electron chi connectivity index (χ3n) is 3.55. The minimum absolute atomic E-state index is 0. The number of hydrogen-bond donors (Lipinski definition) is 3. The van der Waals surface area contributed by atoms with Crippen molar-refractivity contribution in [2.45, 2.75) is 6.04 Å². The average molecular weight is 412 g/mol. The van der Waals surface area contributed by atoms with Crippen molar-refractivity contribution in [3.05, 3.63) is 24.0 Å². The van der Waals surface area contributed by atoms with Gasteiger partial charge < -0.3 is 10.0 Å². The first kappa shape index (κ1) is 22.1. The smallest absolute Gasteiger partial charge is 0.394 e. The Labute approximate surface area is 179 Å². The van der Waals surface area contributed by atoms with Gasteiger partial charge in [0.2, 0.25) is 12.3 Å². The van der Waals surface area contributed by atoms with E-state index in [1.165, 1.54) is 15.6 Å². The molecule has 3 heterocycles. The van der Waals surface area contributed by atoms with E-state index in [0.717, 1.165) is 5.06 Å². The third kappa shape index (κ3) is 5.20. The average Bonchev–Trinajstić information content (AvgIpc) is 3.21. The Morgan fingerprint density at radius 1 is 1.48 bits per heavy atom. The summed E-state index contributed by atoms with van der Waals surface area (Å²) in [6.07, 6.45) is 3.34. The number of amides is 3. The number of hydroxylamine groups is 3. The zero-order chi connectivity index (χ0) is 18.5. The molecule has 13 nitrogen and oxygen atoms in total. The summed E-state index contributed by atoms with van der Waals surface area (Å²) >= 11 is 0.288. The number of hydrogen-bond acceptors (Lipinski definition) is 10. The standard InChI is InChI=1S/C12H15N5O8S.Na/c18-3-4-22-14-11(19)10-1-2-16(13-10)8-5-9-7-15(6-8)12(20)17(9)23-26-25-24-21;/h1-2,5,9,18,21H,3-4,6-7H2,(H,14,19);/q;+1. The maximum Gasteiger partial charge on any atom is 1.00 e. The molecule has 3 amide bonds. The van der Waals surface area contributed by atoms with Crippen LogP contribution in [0.2, 0.25) is 0 Å². The number of aromatic nitrogens is 2. The van der Waals surface area contributed by atoms with Crippen LogP contribution in [-0.2, 0) is 18.5 Å². The second-order valence-electron chi connectivity index (χ2n) is 5.15. The van der Waals surface area contributed by atoms with Gasteiger partial charge in [-0.2, -0.15) is 14.4 Å². The van der Waals surface area contributed by atoms with Crippen molar-refractivity contribution >= 4 is 30.0 Å². The molecular formula is C12H15N5NaO8S+. The van der Waals surface area contributed by atoms with Crippen LogP contribution in [0.1, 0.15) is 10.5 Å². The van der Waals surface area contributed by atoms with Gasteiger partial charge in [-0.1, -0.05) is 5.04 Å². The fourth-order valence-corrected chi connectivity index (χ4v) is 2.78. The zero-order valence-corrected chi connectivity index (χ0v) is 17.0. The van der Waals surface area contributed by atoms with Gasteiger partial charge in [-0.3, -0.25) is 9.63 Å². The molecule has 1 aromatic rings. The predicted molar refractivity (Wildman–Crippen MR) is 83.1 cm³/mol. The van der Waals surface area contributed by atoms with Gasteiger partial charge in [-0.15, -0.1) is 4.33 Å². The Kier molecular flexibility index (Phi) is 8.49. The molecule has 142 valence electrons. The van der Waals surface area contributed by atoms with Crippen molar-refractivity contribution in [1.29, 1.82) is 0 Å². The van der Waals surface area contributed by atoms with Crippen LogP contribution in [0.4, 0.5) is 4.79 Å². The quantitative estimate of drug-likeness (QED) is 0.122. The largest absolute Gasteiger partial charge is 1.00 e. The Balaban J connectivity index is 0.00000261. The van der Waals surface area contributed by atoms with E-state index in [2.05, 4.69) is 20.0 Å². The molecule has 0 radical (unpaired) electrons. The molecular weight excluding hydrogens is 397 g/mol. The molecule has 0 aliphatic carbocycles. The van der Waals surface area contributed by atoms with Crippen LogP contribution in [0.25, 0.3) is 5.70 Å². The van der Waals surface area contributed by atoms with Crippen molar-refractivity contribution < 1.29 is 68.0 Å². The fraction of sp³-hybridized carbons (Fsp3) is 0.417. The molecule has 2 bridgehead atoms. The van der Waals surface area contributed by atoms with Crippen LogP contribution in [0.3, 0.4) is 0 Å². The summed E-state index contributed by atoms with van der Waals surface area (Å²) in [4.78, 5) is 30.3. The molecule has 15 heteroatoms. The van der Waals surface area contributed by atoms with Gasteiger partial charge in [-0.05, 0) is 12.1 Å². The Morgan fingerprint density at radius 3 is 3.04 bits per heavy atom. The van der Waals surface area contributed by atoms with E-state index in [-0.39, 0.29) is 67.3 Å². The van der Waals surface area contributed by atoms with E-state index in [9.17, 15) is 9.59 Å². The van der Waals surface area contributed by atoms with E-state index in [1.807, 2.05) is 0 Å². The second kappa shape index (κ2) is 10.4. The van der Waals surface area contributed by atoms with Crippen LogP contribution in [0, 0.1) is 0 Å². The number of aliphatic hydroxyl groups is 1. The summed E-state index contributed by atoms with van der Waals surface area (Å²) in [6, 6.07) is 0.691. The summed E-state index contributed by atoms with van der Waals surface area (Å²) in [5, 5.41) is 25.3. The molecule has 1 saturated heterocycles. The maximum absolute atomic E-state index is 12.2. The van der Waals surface area contributed by atoms with Gasteiger partial charge in [0.15, 0.2) is 5.69 Å². The van der Waals surface area contributed by atoms with E-state index in [0.29, 0.717) is 12.2 Å². The van der Waals surface area contributed by atoms with E-state index in [1.54, 1.807) is 12.3 Å². The molecule has 1 unspecified atom stereocenters. The third-order valence-corrected chi connectivity index (χ3v) is 3.89. The first-order valence-corrected chi connectivity index (χ1v) is 8.00. The van der Waals surface area contributed by atoms with Crippen LogP contribution in [-0.4, -0.2) is 74.4 Å². The van der Waals surface area contributed by atoms with Gasteiger partial charge >= 0.3 is 35.6 Å². The maximum atomic E-state index is 12.2. The van der Waals surface area contributed by atoms with E-state index < -0.39 is 18.0 Å².